The Morgan fingerprint density at radius 3 is 2.59 bits per heavy atom. The molecule has 1 aromatic heterocycles. The zero-order valence-corrected chi connectivity index (χ0v) is 13.3. The number of hydrogen-bond donors (Lipinski definition) is 1. The molecule has 7 heteroatoms. The third-order valence-electron chi connectivity index (χ3n) is 3.55. The Balaban J connectivity index is 2.37. The van der Waals surface area contributed by atoms with Gasteiger partial charge in [0.15, 0.2) is 0 Å². The number of nitrogens with one attached hydrogen (secondary N) is 1. The quantitative estimate of drug-likeness (QED) is 0.780. The minimum atomic E-state index is -0.153. The number of aryl methyl sites for hydroxylation is 2. The lowest BCUT2D eigenvalue weighted by molar-refractivity contribution is -0.114. The molecule has 0 aromatic carbocycles. The maximum atomic E-state index is 11.3. The van der Waals surface area contributed by atoms with Crippen LogP contribution in [0.25, 0.3) is 22.4 Å². The molecule has 0 saturated carbocycles. The van der Waals surface area contributed by atoms with Crippen molar-refractivity contribution >= 4 is 28.8 Å². The molecule has 0 atom stereocenters. The first-order valence-electron chi connectivity index (χ1n) is 6.97. The summed E-state index contributed by atoms with van der Waals surface area (Å²) in [5.41, 5.74) is 4.26. The van der Waals surface area contributed by atoms with Crippen LogP contribution < -0.4 is 10.2 Å². The second kappa shape index (κ2) is 4.94. The summed E-state index contributed by atoms with van der Waals surface area (Å²) in [6, 6.07) is 3.92. The van der Waals surface area contributed by atoms with E-state index in [0.29, 0.717) is 11.9 Å². The number of carbonyl (C=O) groups excluding carboxylic acids is 1. The van der Waals surface area contributed by atoms with Crippen LogP contribution in [0.15, 0.2) is 12.1 Å². The molecule has 1 amide bonds. The molecule has 22 heavy (non-hydrogen) atoms. The molecule has 1 aliphatic heterocycles. The van der Waals surface area contributed by atoms with Crippen LogP contribution in [-0.2, 0) is 11.8 Å². The van der Waals surface area contributed by atoms with E-state index in [1.165, 1.54) is 6.92 Å². The van der Waals surface area contributed by atoms with Crippen molar-refractivity contribution in [2.24, 2.45) is 7.05 Å². The van der Waals surface area contributed by atoms with Crippen LogP contribution in [0, 0.1) is 6.92 Å². The predicted octanol–water partition coefficient (Wildman–Crippen LogP) is 1.80. The molecule has 0 fully saturated rings. The Morgan fingerprint density at radius 2 is 1.95 bits per heavy atom. The average Bonchev–Trinajstić information content (AvgIpc) is 2.95. The number of nitrogens with zero attached hydrogens (tertiary/aromatic N) is 5. The van der Waals surface area contributed by atoms with E-state index in [4.69, 9.17) is 0 Å². The fraction of sp³-hybridized carbons (Fsp3) is 0.333. The van der Waals surface area contributed by atoms with Gasteiger partial charge in [-0.25, -0.2) is 15.0 Å². The summed E-state index contributed by atoms with van der Waals surface area (Å²) >= 11 is 0. The van der Waals surface area contributed by atoms with E-state index in [1.54, 1.807) is 0 Å². The monoisotopic (exact) mass is 298 g/mol. The zero-order valence-electron chi connectivity index (χ0n) is 13.3. The fourth-order valence-electron chi connectivity index (χ4n) is 2.43. The van der Waals surface area contributed by atoms with E-state index in [-0.39, 0.29) is 5.91 Å². The Morgan fingerprint density at radius 1 is 1.23 bits per heavy atom. The molecular formula is C15H18N6O. The molecule has 1 aliphatic carbocycles. The maximum absolute atomic E-state index is 11.3. The summed E-state index contributed by atoms with van der Waals surface area (Å²) < 4.78 is 1.85. The normalized spacial score (nSPS) is 11.1. The zero-order chi connectivity index (χ0) is 16.0. The van der Waals surface area contributed by atoms with Crippen molar-refractivity contribution in [2.45, 2.75) is 13.8 Å². The highest BCUT2D eigenvalue weighted by atomic mass is 16.1. The Hall–Kier alpha value is -2.70. The summed E-state index contributed by atoms with van der Waals surface area (Å²) in [5, 5.41) is 2.75. The topological polar surface area (TPSA) is 75.9 Å². The predicted molar refractivity (Wildman–Crippen MR) is 86.3 cm³/mol. The van der Waals surface area contributed by atoms with E-state index < -0.39 is 0 Å². The SMILES string of the molecule is CC(=O)Nc1nc2c(C)ccc3nc(N(C)C)nc-3c2n1C. The molecule has 1 N–H and O–H groups in total. The van der Waals surface area contributed by atoms with Crippen LogP contribution in [0.1, 0.15) is 12.5 Å². The van der Waals surface area contributed by atoms with Crippen LogP contribution in [0.3, 0.4) is 0 Å². The highest BCUT2D eigenvalue weighted by Crippen LogP contribution is 2.32. The van der Waals surface area contributed by atoms with Gasteiger partial charge in [0.1, 0.15) is 5.69 Å². The van der Waals surface area contributed by atoms with Crippen LogP contribution in [0.4, 0.5) is 11.9 Å². The number of hydrogen-bond acceptors (Lipinski definition) is 5. The minimum Gasteiger partial charge on any atom is -0.347 e. The molecule has 3 rings (SSSR count). The second-order valence-electron chi connectivity index (χ2n) is 5.54. The summed E-state index contributed by atoms with van der Waals surface area (Å²) in [6.07, 6.45) is 0. The number of carbonyl (C=O) groups is 1. The lowest BCUT2D eigenvalue weighted by atomic mass is 10.2. The molecule has 2 heterocycles. The van der Waals surface area contributed by atoms with Gasteiger partial charge in [-0.2, -0.15) is 0 Å². The fourth-order valence-corrected chi connectivity index (χ4v) is 2.43. The van der Waals surface area contributed by atoms with Crippen molar-refractivity contribution in [3.05, 3.63) is 17.7 Å². The highest BCUT2D eigenvalue weighted by molar-refractivity contribution is 5.96. The standard InChI is InChI=1S/C15H18N6O/c1-8-6-7-10-12(19-14(17-10)20(3)4)13-11(8)18-15(21(13)5)16-9(2)22/h6-7H,1-5H3,(H,16,18,22). The van der Waals surface area contributed by atoms with Gasteiger partial charge in [0.05, 0.1) is 16.7 Å². The number of rotatable bonds is 2. The van der Waals surface area contributed by atoms with Crippen LogP contribution >= 0.6 is 0 Å². The number of imidazole rings is 2. The third-order valence-corrected chi connectivity index (χ3v) is 3.55. The lowest BCUT2D eigenvalue weighted by Gasteiger charge is -2.04. The van der Waals surface area contributed by atoms with Gasteiger partial charge < -0.3 is 9.47 Å². The first-order chi connectivity index (χ1) is 10.4. The lowest BCUT2D eigenvalue weighted by Crippen LogP contribution is -2.10. The molecule has 0 saturated heterocycles. The van der Waals surface area contributed by atoms with Gasteiger partial charge in [-0.05, 0) is 18.6 Å². The van der Waals surface area contributed by atoms with Gasteiger partial charge in [0, 0.05) is 28.1 Å². The largest absolute Gasteiger partial charge is 0.347 e. The number of anilines is 2. The van der Waals surface area contributed by atoms with E-state index in [9.17, 15) is 4.79 Å². The third kappa shape index (κ3) is 2.14. The van der Waals surface area contributed by atoms with Crippen molar-refractivity contribution in [3.8, 4) is 11.4 Å². The van der Waals surface area contributed by atoms with E-state index in [0.717, 1.165) is 28.0 Å². The minimum absolute atomic E-state index is 0.153. The summed E-state index contributed by atoms with van der Waals surface area (Å²) in [6.45, 7) is 3.45. The van der Waals surface area contributed by atoms with Gasteiger partial charge in [-0.15, -0.1) is 0 Å². The van der Waals surface area contributed by atoms with Gasteiger partial charge in [-0.3, -0.25) is 10.1 Å². The van der Waals surface area contributed by atoms with Crippen molar-refractivity contribution in [1.29, 1.82) is 0 Å². The molecular weight excluding hydrogens is 280 g/mol. The molecule has 0 unspecified atom stereocenters. The second-order valence-corrected chi connectivity index (χ2v) is 5.54. The summed E-state index contributed by atoms with van der Waals surface area (Å²) in [4.78, 5) is 26.9. The van der Waals surface area contributed by atoms with Gasteiger partial charge >= 0.3 is 0 Å². The summed E-state index contributed by atoms with van der Waals surface area (Å²) in [5.74, 6) is 1.01. The van der Waals surface area contributed by atoms with E-state index >= 15 is 0 Å². The smallest absolute Gasteiger partial charge is 0.226 e. The molecule has 0 spiro atoms. The number of aromatic nitrogens is 4. The maximum Gasteiger partial charge on any atom is 0.226 e. The summed E-state index contributed by atoms with van der Waals surface area (Å²) in [7, 11) is 5.68. The average molecular weight is 298 g/mol. The number of amides is 1. The van der Waals surface area contributed by atoms with Crippen molar-refractivity contribution in [2.75, 3.05) is 24.3 Å². The van der Waals surface area contributed by atoms with E-state index in [1.807, 2.05) is 49.7 Å². The molecule has 7 nitrogen and oxygen atoms in total. The molecule has 0 bridgehead atoms. The van der Waals surface area contributed by atoms with Crippen molar-refractivity contribution in [3.63, 3.8) is 0 Å². The van der Waals surface area contributed by atoms with Gasteiger partial charge in [0.2, 0.25) is 17.8 Å². The first kappa shape index (κ1) is 14.2. The number of fused-ring (bicyclic) bond motifs is 3. The Kier molecular flexibility index (Phi) is 3.20. The molecule has 114 valence electrons. The molecule has 1 aromatic rings. The molecule has 0 radical (unpaired) electrons. The Labute approximate surface area is 128 Å². The van der Waals surface area contributed by atoms with Gasteiger partial charge in [0.25, 0.3) is 0 Å². The van der Waals surface area contributed by atoms with Crippen molar-refractivity contribution in [1.82, 2.24) is 19.5 Å². The van der Waals surface area contributed by atoms with Gasteiger partial charge in [-0.1, -0.05) is 6.07 Å². The highest BCUT2D eigenvalue weighted by Gasteiger charge is 2.20. The van der Waals surface area contributed by atoms with Crippen LogP contribution in [-0.4, -0.2) is 39.5 Å². The van der Waals surface area contributed by atoms with Crippen LogP contribution in [0.2, 0.25) is 0 Å². The van der Waals surface area contributed by atoms with Crippen LogP contribution in [0.5, 0.6) is 0 Å². The molecule has 2 aliphatic rings. The Bertz CT molecular complexity index is 851. The van der Waals surface area contributed by atoms with Crippen molar-refractivity contribution < 1.29 is 4.79 Å². The first-order valence-corrected chi connectivity index (χ1v) is 6.97. The van der Waals surface area contributed by atoms with E-state index in [2.05, 4.69) is 20.3 Å².